The van der Waals surface area contributed by atoms with Gasteiger partial charge in [-0.1, -0.05) is 143 Å². The smallest absolute Gasteiger partial charge is 0.247 e. The SMILES string of the molecule is CCCCCCCCCCCCC(CCCCC)c1[nH]cc[n+]1C(C)CCCCCCCCC. The van der Waals surface area contributed by atoms with Crippen LogP contribution in [0.5, 0.6) is 0 Å². The summed E-state index contributed by atoms with van der Waals surface area (Å²) in [4.78, 5) is 3.69. The molecule has 2 heteroatoms. The lowest BCUT2D eigenvalue weighted by Crippen LogP contribution is -2.41. The van der Waals surface area contributed by atoms with Crippen molar-refractivity contribution in [2.45, 2.75) is 187 Å². The van der Waals surface area contributed by atoms with E-state index in [1.807, 2.05) is 0 Å². The van der Waals surface area contributed by atoms with Crippen LogP contribution in [0.2, 0.25) is 0 Å². The van der Waals surface area contributed by atoms with E-state index in [0.717, 1.165) is 0 Å². The lowest BCUT2D eigenvalue weighted by Gasteiger charge is -2.17. The highest BCUT2D eigenvalue weighted by Crippen LogP contribution is 2.27. The summed E-state index contributed by atoms with van der Waals surface area (Å²) in [5.74, 6) is 2.23. The first-order valence-corrected chi connectivity index (χ1v) is 15.8. The Kier molecular flexibility index (Phi) is 20.8. The Morgan fingerprint density at radius 3 is 1.44 bits per heavy atom. The van der Waals surface area contributed by atoms with Crippen molar-refractivity contribution in [1.82, 2.24) is 4.98 Å². The molecule has 0 fully saturated rings. The molecule has 0 amide bonds. The maximum atomic E-state index is 3.69. The summed E-state index contributed by atoms with van der Waals surface area (Å²) in [6.07, 6.45) is 36.8. The van der Waals surface area contributed by atoms with Gasteiger partial charge in [0.05, 0.1) is 12.0 Å². The minimum atomic E-state index is 0.623. The number of hydrogen-bond acceptors (Lipinski definition) is 0. The fraction of sp³-hybridized carbons (Fsp3) is 0.906. The van der Waals surface area contributed by atoms with Crippen LogP contribution in [0.15, 0.2) is 12.4 Å². The molecule has 200 valence electrons. The van der Waals surface area contributed by atoms with E-state index >= 15 is 0 Å². The fourth-order valence-corrected chi connectivity index (χ4v) is 5.54. The predicted octanol–water partition coefficient (Wildman–Crippen LogP) is 11.0. The molecule has 34 heavy (non-hydrogen) atoms. The Hall–Kier alpha value is -0.790. The molecule has 2 unspecified atom stereocenters. The van der Waals surface area contributed by atoms with Gasteiger partial charge in [-0.25, -0.2) is 9.55 Å². The lowest BCUT2D eigenvalue weighted by atomic mass is 9.93. The van der Waals surface area contributed by atoms with Crippen LogP contribution < -0.4 is 4.57 Å². The number of nitrogens with zero attached hydrogens (tertiary/aromatic N) is 1. The van der Waals surface area contributed by atoms with E-state index in [-0.39, 0.29) is 0 Å². The van der Waals surface area contributed by atoms with Gasteiger partial charge in [0.25, 0.3) is 5.82 Å². The van der Waals surface area contributed by atoms with Crippen LogP contribution in [-0.4, -0.2) is 4.98 Å². The summed E-state index contributed by atoms with van der Waals surface area (Å²) in [7, 11) is 0. The van der Waals surface area contributed by atoms with Gasteiger partial charge >= 0.3 is 0 Å². The molecule has 1 rings (SSSR count). The number of unbranched alkanes of at least 4 members (excludes halogenated alkanes) is 17. The van der Waals surface area contributed by atoms with Crippen LogP contribution in [0.1, 0.15) is 193 Å². The largest absolute Gasteiger partial charge is 0.257 e. The van der Waals surface area contributed by atoms with Crippen molar-refractivity contribution in [3.63, 3.8) is 0 Å². The van der Waals surface area contributed by atoms with E-state index in [4.69, 9.17) is 0 Å². The summed E-state index contributed by atoms with van der Waals surface area (Å²) >= 11 is 0. The van der Waals surface area contributed by atoms with Crippen LogP contribution in [0, 0.1) is 0 Å². The second-order valence-electron chi connectivity index (χ2n) is 11.2. The van der Waals surface area contributed by atoms with Crippen molar-refractivity contribution >= 4 is 0 Å². The van der Waals surface area contributed by atoms with Crippen LogP contribution >= 0.6 is 0 Å². The van der Waals surface area contributed by atoms with Crippen molar-refractivity contribution < 1.29 is 4.57 Å². The minimum absolute atomic E-state index is 0.623. The molecule has 1 aromatic heterocycles. The molecular weight excluding hydrogens is 412 g/mol. The van der Waals surface area contributed by atoms with E-state index < -0.39 is 0 Å². The Morgan fingerprint density at radius 1 is 0.559 bits per heavy atom. The quantitative estimate of drug-likeness (QED) is 0.107. The average Bonchev–Trinajstić information content (AvgIpc) is 3.33. The first kappa shape index (κ1) is 31.2. The second-order valence-corrected chi connectivity index (χ2v) is 11.2. The molecule has 0 bridgehead atoms. The average molecular weight is 476 g/mol. The molecule has 1 N–H and O–H groups in total. The summed E-state index contributed by atoms with van der Waals surface area (Å²) in [6.45, 7) is 9.38. The van der Waals surface area contributed by atoms with Gasteiger partial charge in [0.2, 0.25) is 0 Å². The molecule has 0 saturated carbocycles. The van der Waals surface area contributed by atoms with Crippen LogP contribution in [0.25, 0.3) is 0 Å². The maximum absolute atomic E-state index is 3.69. The van der Waals surface area contributed by atoms with Crippen molar-refractivity contribution in [3.8, 4) is 0 Å². The molecule has 0 aromatic carbocycles. The number of imidazole rings is 1. The Morgan fingerprint density at radius 2 is 0.941 bits per heavy atom. The van der Waals surface area contributed by atoms with Crippen molar-refractivity contribution in [2.75, 3.05) is 0 Å². The standard InChI is InChI=1S/C32H62N2/c1-5-8-11-13-15-16-17-19-21-24-27-31(26-22-10-7-3)32-33-28-29-34(32)30(4)25-23-20-18-14-12-9-6-2/h28-31H,5-27H2,1-4H3/p+1. The third kappa shape index (κ3) is 15.3. The molecule has 1 aromatic rings. The molecule has 2 atom stereocenters. The van der Waals surface area contributed by atoms with E-state index in [1.54, 1.807) is 0 Å². The minimum Gasteiger partial charge on any atom is -0.247 e. The van der Waals surface area contributed by atoms with Gasteiger partial charge < -0.3 is 0 Å². The molecule has 0 aliphatic heterocycles. The Balaban J connectivity index is 2.39. The second kappa shape index (κ2) is 22.7. The number of aromatic amines is 1. The summed E-state index contributed by atoms with van der Waals surface area (Å²) < 4.78 is 2.60. The van der Waals surface area contributed by atoms with Gasteiger partial charge in [0, 0.05) is 0 Å². The highest BCUT2D eigenvalue weighted by Gasteiger charge is 2.25. The van der Waals surface area contributed by atoms with Crippen molar-refractivity contribution in [2.24, 2.45) is 0 Å². The monoisotopic (exact) mass is 475 g/mol. The van der Waals surface area contributed by atoms with Crippen LogP contribution in [0.4, 0.5) is 0 Å². The van der Waals surface area contributed by atoms with Crippen LogP contribution in [0.3, 0.4) is 0 Å². The molecule has 0 aliphatic carbocycles. The predicted molar refractivity (Wildman–Crippen MR) is 152 cm³/mol. The maximum Gasteiger partial charge on any atom is 0.257 e. The van der Waals surface area contributed by atoms with E-state index in [9.17, 15) is 0 Å². The zero-order valence-electron chi connectivity index (χ0n) is 24.0. The zero-order chi connectivity index (χ0) is 24.7. The van der Waals surface area contributed by atoms with E-state index in [2.05, 4.69) is 49.6 Å². The van der Waals surface area contributed by atoms with Gasteiger partial charge in [-0.2, -0.15) is 0 Å². The zero-order valence-corrected chi connectivity index (χ0v) is 24.0. The molecule has 1 heterocycles. The Bertz CT molecular complexity index is 535. The molecule has 0 spiro atoms. The van der Waals surface area contributed by atoms with Crippen LogP contribution in [-0.2, 0) is 0 Å². The van der Waals surface area contributed by atoms with Gasteiger partial charge in [0.1, 0.15) is 12.4 Å². The highest BCUT2D eigenvalue weighted by molar-refractivity contribution is 4.90. The topological polar surface area (TPSA) is 19.7 Å². The first-order valence-electron chi connectivity index (χ1n) is 15.8. The number of nitrogens with one attached hydrogen (secondary N) is 1. The number of hydrogen-bond donors (Lipinski definition) is 1. The summed E-state index contributed by atoms with van der Waals surface area (Å²) in [6, 6.07) is 0.623. The summed E-state index contributed by atoms with van der Waals surface area (Å²) in [5, 5.41) is 0. The third-order valence-electron chi connectivity index (χ3n) is 7.89. The van der Waals surface area contributed by atoms with Gasteiger partial charge in [-0.15, -0.1) is 0 Å². The first-order chi connectivity index (χ1) is 16.7. The molecule has 0 saturated heterocycles. The molecular formula is C32H63N2+. The van der Waals surface area contributed by atoms with Gasteiger partial charge in [-0.3, -0.25) is 0 Å². The highest BCUT2D eigenvalue weighted by atomic mass is 15.1. The molecule has 0 aliphatic rings. The van der Waals surface area contributed by atoms with E-state index in [0.29, 0.717) is 12.0 Å². The number of H-pyrrole nitrogens is 1. The number of rotatable bonds is 25. The lowest BCUT2D eigenvalue weighted by molar-refractivity contribution is -0.727. The third-order valence-corrected chi connectivity index (χ3v) is 7.89. The number of aromatic nitrogens is 2. The van der Waals surface area contributed by atoms with Crippen molar-refractivity contribution in [3.05, 3.63) is 18.2 Å². The molecule has 0 radical (unpaired) electrons. The van der Waals surface area contributed by atoms with Crippen molar-refractivity contribution in [1.29, 1.82) is 0 Å². The van der Waals surface area contributed by atoms with E-state index in [1.165, 1.54) is 154 Å². The Labute approximate surface area is 215 Å². The molecule has 2 nitrogen and oxygen atoms in total. The van der Waals surface area contributed by atoms with Gasteiger partial charge in [0.15, 0.2) is 0 Å². The normalized spacial score (nSPS) is 13.4. The van der Waals surface area contributed by atoms with Gasteiger partial charge in [-0.05, 0) is 32.6 Å². The fourth-order valence-electron chi connectivity index (χ4n) is 5.54. The summed E-state index contributed by atoms with van der Waals surface area (Å²) in [5.41, 5.74) is 0.